The number of rotatable bonds is 13. The summed E-state index contributed by atoms with van der Waals surface area (Å²) in [4.78, 5) is 40.4. The van der Waals surface area contributed by atoms with Crippen LogP contribution < -0.4 is 44.4 Å². The lowest BCUT2D eigenvalue weighted by Crippen LogP contribution is -3.10. The Morgan fingerprint density at radius 3 is 2.35 bits per heavy atom. The molecule has 2 aliphatic heterocycles. The van der Waals surface area contributed by atoms with Crippen LogP contribution in [0.4, 0.5) is 11.4 Å². The monoisotopic (exact) mass is 790 g/mol. The van der Waals surface area contributed by atoms with Gasteiger partial charge < -0.3 is 39.5 Å². The summed E-state index contributed by atoms with van der Waals surface area (Å²) < 4.78 is 33.4. The van der Waals surface area contributed by atoms with Gasteiger partial charge in [0.1, 0.15) is 11.7 Å². The number of fused-ring (bicyclic) bond motifs is 2. The van der Waals surface area contributed by atoms with Gasteiger partial charge in [-0.1, -0.05) is 26.0 Å². The van der Waals surface area contributed by atoms with Crippen LogP contribution in [-0.4, -0.2) is 62.8 Å². The summed E-state index contributed by atoms with van der Waals surface area (Å²) in [6, 6.07) is 10.5. The number of quaternary nitrogens is 1. The van der Waals surface area contributed by atoms with Crippen LogP contribution in [0.2, 0.25) is 0 Å². The van der Waals surface area contributed by atoms with Crippen LogP contribution in [-0.2, 0) is 30.5 Å². The minimum Gasteiger partial charge on any atom is -1.00 e. The highest BCUT2D eigenvalue weighted by Gasteiger charge is 2.47. The first-order valence-electron chi connectivity index (χ1n) is 16.0. The van der Waals surface area contributed by atoms with Crippen molar-refractivity contribution in [2.45, 2.75) is 76.2 Å². The molecule has 2 unspecified atom stereocenters. The van der Waals surface area contributed by atoms with Crippen LogP contribution in [0, 0.1) is 0 Å². The summed E-state index contributed by atoms with van der Waals surface area (Å²) in [5.74, 6) is -0.791. The Kier molecular flexibility index (Phi) is 12.6. The van der Waals surface area contributed by atoms with E-state index in [0.717, 1.165) is 34.7 Å². The number of halogens is 1. The Morgan fingerprint density at radius 1 is 1.02 bits per heavy atom. The molecular weight excluding hydrogens is 743 g/mol. The molecule has 0 fully saturated rings. The first-order valence-corrected chi connectivity index (χ1v) is 17.5. The normalized spacial score (nSPS) is 19.8. The van der Waals surface area contributed by atoms with Crippen LogP contribution in [0.5, 0.6) is 0 Å². The molecule has 0 spiro atoms. The molecule has 4 N–H and O–H groups in total. The van der Waals surface area contributed by atoms with E-state index in [4.69, 9.17) is 0 Å². The van der Waals surface area contributed by atoms with Gasteiger partial charge in [0, 0.05) is 59.9 Å². The van der Waals surface area contributed by atoms with Crippen molar-refractivity contribution in [3.8, 4) is 0 Å². The first kappa shape index (κ1) is 39.1. The van der Waals surface area contributed by atoms with Gasteiger partial charge in [-0.15, -0.1) is 6.58 Å². The van der Waals surface area contributed by atoms with Crippen molar-refractivity contribution in [3.05, 3.63) is 89.7 Å². The molecule has 2 heterocycles. The number of carbonyl (C=O) groups is 3. The zero-order valence-corrected chi connectivity index (χ0v) is 31.5. The van der Waals surface area contributed by atoms with Crippen molar-refractivity contribution in [2.24, 2.45) is 0 Å². The van der Waals surface area contributed by atoms with E-state index in [1.54, 1.807) is 24.3 Å². The van der Waals surface area contributed by atoms with Gasteiger partial charge in [0.05, 0.1) is 23.4 Å². The molecule has 2 atom stereocenters. The molecule has 260 valence electrons. The summed E-state index contributed by atoms with van der Waals surface area (Å²) >= 11 is 0. The number of allylic oxidation sites excluding steroid dienone is 3. The minimum absolute atomic E-state index is 0. The van der Waals surface area contributed by atoms with E-state index < -0.39 is 15.5 Å². The number of nitrogens with zero attached hydrogens (tertiary/aromatic N) is 1. The number of hydrogen-bond acceptors (Lipinski definition) is 6. The van der Waals surface area contributed by atoms with Crippen molar-refractivity contribution in [1.82, 2.24) is 10.6 Å². The number of hydrogen-bond donors (Lipinski definition) is 4. The predicted octanol–water partition coefficient (Wildman–Crippen LogP) is 0.773. The molecular formula is C36H47IN4O6S. The van der Waals surface area contributed by atoms with Gasteiger partial charge in [-0.3, -0.25) is 23.8 Å². The quantitative estimate of drug-likeness (QED) is 0.134. The molecule has 2 aromatic rings. The summed E-state index contributed by atoms with van der Waals surface area (Å²) in [5, 5.41) is 5.34. The third kappa shape index (κ3) is 7.93. The fourth-order valence-corrected chi connectivity index (χ4v) is 7.35. The molecule has 12 heteroatoms. The third-order valence-corrected chi connectivity index (χ3v) is 10.3. The van der Waals surface area contributed by atoms with E-state index in [9.17, 15) is 27.4 Å². The highest BCUT2D eigenvalue weighted by molar-refractivity contribution is 7.85. The van der Waals surface area contributed by atoms with E-state index in [-0.39, 0.29) is 77.3 Å². The zero-order valence-electron chi connectivity index (χ0n) is 28.5. The second-order valence-electron chi connectivity index (χ2n) is 13.1. The van der Waals surface area contributed by atoms with E-state index in [1.165, 1.54) is 11.0 Å². The number of amides is 2. The van der Waals surface area contributed by atoms with E-state index in [1.807, 2.05) is 19.1 Å². The Bertz CT molecular complexity index is 1750. The summed E-state index contributed by atoms with van der Waals surface area (Å²) in [7, 11) is -4.33. The molecule has 0 aromatic heterocycles. The van der Waals surface area contributed by atoms with Gasteiger partial charge in [0.2, 0.25) is 5.91 Å². The molecule has 2 aliphatic rings. The summed E-state index contributed by atoms with van der Waals surface area (Å²) in [6.07, 6.45) is 8.03. The van der Waals surface area contributed by atoms with Crippen molar-refractivity contribution in [2.75, 3.05) is 31.1 Å². The average Bonchev–Trinajstić information content (AvgIpc) is 3.38. The van der Waals surface area contributed by atoms with Gasteiger partial charge in [-0.2, -0.15) is 8.42 Å². The number of nitrogens with one attached hydrogen (secondary N) is 3. The Hall–Kier alpha value is -3.33. The van der Waals surface area contributed by atoms with Crippen LogP contribution in [0.25, 0.3) is 0 Å². The molecule has 0 radical (unpaired) electrons. The molecule has 2 amide bonds. The summed E-state index contributed by atoms with van der Waals surface area (Å²) in [5.41, 5.74) is 4.63. The fraction of sp³-hybridized carbons (Fsp3) is 0.417. The lowest BCUT2D eigenvalue weighted by Gasteiger charge is -2.27. The van der Waals surface area contributed by atoms with Crippen LogP contribution in [0.15, 0.2) is 77.9 Å². The predicted molar refractivity (Wildman–Crippen MR) is 184 cm³/mol. The molecule has 48 heavy (non-hydrogen) atoms. The topological polar surface area (TPSA) is 137 Å². The van der Waals surface area contributed by atoms with Gasteiger partial charge in [-0.25, -0.2) is 0 Å². The molecule has 4 rings (SSSR count). The maximum atomic E-state index is 13.0. The first-order chi connectivity index (χ1) is 22.1. The van der Waals surface area contributed by atoms with E-state index in [0.29, 0.717) is 18.7 Å². The highest BCUT2D eigenvalue weighted by atomic mass is 127. The fourth-order valence-electron chi connectivity index (χ4n) is 6.85. The molecule has 10 nitrogen and oxygen atoms in total. The lowest BCUT2D eigenvalue weighted by atomic mass is 9.79. The molecule has 0 bridgehead atoms. The van der Waals surface area contributed by atoms with Crippen LogP contribution >= 0.6 is 0 Å². The van der Waals surface area contributed by atoms with Gasteiger partial charge >= 0.3 is 0 Å². The number of Topliss-reactive ketones (excluding diaryl/α,β-unsaturated/α-hetero) is 1. The molecule has 0 saturated carbocycles. The maximum Gasteiger partial charge on any atom is 0.294 e. The average molecular weight is 791 g/mol. The van der Waals surface area contributed by atoms with E-state index >= 15 is 0 Å². The largest absolute Gasteiger partial charge is 1.00 e. The number of anilines is 1. The Labute approximate surface area is 301 Å². The SMILES string of the molecule is C=CCNC(=O)CCC(=O)CNC(=O)c1ccc2c(c1)C(C)(C)C(/C=C/C=C1/N(CC)c3ccc(S(=O)(=O)O)cc3C1(C)C)[NH+]2CC.[I-]. The number of carbonyl (C=O) groups excluding carboxylic acids is 3. The van der Waals surface area contributed by atoms with Crippen molar-refractivity contribution in [3.63, 3.8) is 0 Å². The standard InChI is InChI=1S/C36H46N4O6S.HI/c1-8-20-37-33(42)19-15-25(41)23-38-34(43)24-14-17-29-27(21-24)35(4,5)31(39(29)9-2)12-11-13-32-36(6,7)28-22-26(47(44,45)46)16-18-30(28)40(32)10-3;/h8,11-14,16-18,21-22,31H,1,9-10,15,19-20,23H2,2-7H3,(H,37,42)(H,38,43)(H,44,45,46);1H/b12-11+,32-13+;. The number of ketones is 1. The number of benzene rings is 2. The van der Waals surface area contributed by atoms with Crippen molar-refractivity contribution < 1.29 is 56.2 Å². The smallest absolute Gasteiger partial charge is 0.294 e. The van der Waals surface area contributed by atoms with Crippen LogP contribution in [0.1, 0.15) is 75.9 Å². The lowest BCUT2D eigenvalue weighted by molar-refractivity contribution is -0.848. The van der Waals surface area contributed by atoms with Crippen molar-refractivity contribution in [1.29, 1.82) is 0 Å². The number of likely N-dealkylation sites (N-methyl/N-ethyl adjacent to an activating group) is 2. The van der Waals surface area contributed by atoms with Crippen LogP contribution in [0.3, 0.4) is 0 Å². The summed E-state index contributed by atoms with van der Waals surface area (Å²) in [6.45, 7) is 17.9. The van der Waals surface area contributed by atoms with E-state index in [2.05, 4.69) is 75.0 Å². The second-order valence-corrected chi connectivity index (χ2v) is 14.5. The zero-order chi connectivity index (χ0) is 34.7. The second kappa shape index (κ2) is 15.5. The highest BCUT2D eigenvalue weighted by Crippen LogP contribution is 2.48. The maximum absolute atomic E-state index is 13.0. The Morgan fingerprint density at radius 2 is 1.73 bits per heavy atom. The minimum atomic E-state index is -4.33. The Balaban J connectivity index is 0.00000625. The third-order valence-electron chi connectivity index (χ3n) is 9.41. The molecule has 0 aliphatic carbocycles. The molecule has 0 saturated heterocycles. The van der Waals surface area contributed by atoms with Crippen molar-refractivity contribution >= 4 is 39.1 Å². The van der Waals surface area contributed by atoms with Gasteiger partial charge in [0.25, 0.3) is 16.0 Å². The van der Waals surface area contributed by atoms with Gasteiger partial charge in [-0.05, 0) is 75.7 Å². The van der Waals surface area contributed by atoms with Gasteiger partial charge in [0.15, 0.2) is 5.78 Å². The molecule has 2 aromatic carbocycles.